The molecule has 3 heterocycles. The van der Waals surface area contributed by atoms with Crippen LogP contribution in [0.3, 0.4) is 0 Å². The first-order chi connectivity index (χ1) is 24.3. The molecule has 0 spiro atoms. The van der Waals surface area contributed by atoms with Crippen LogP contribution in [0.4, 0.5) is 5.69 Å². The van der Waals surface area contributed by atoms with Crippen molar-refractivity contribution in [3.8, 4) is 11.3 Å². The molecule has 2 atom stereocenters. The molecule has 4 aromatic carbocycles. The van der Waals surface area contributed by atoms with E-state index in [9.17, 15) is 19.2 Å². The second kappa shape index (κ2) is 15.0. The van der Waals surface area contributed by atoms with E-state index in [0.717, 1.165) is 55.3 Å². The Kier molecular flexibility index (Phi) is 10.1. The molecule has 2 aliphatic rings. The van der Waals surface area contributed by atoms with Crippen molar-refractivity contribution in [2.75, 3.05) is 18.4 Å². The largest absolute Gasteiger partial charge is 0.354 e. The third-order valence-corrected chi connectivity index (χ3v) is 11.0. The summed E-state index contributed by atoms with van der Waals surface area (Å²) in [7, 11) is 0. The number of ketones is 1. The third kappa shape index (κ3) is 7.38. The fourth-order valence-electron chi connectivity index (χ4n) is 7.26. The number of benzene rings is 4. The van der Waals surface area contributed by atoms with Gasteiger partial charge in [-0.15, -0.1) is 0 Å². The van der Waals surface area contributed by atoms with Crippen molar-refractivity contribution in [2.45, 2.75) is 57.0 Å². The molecule has 0 saturated carbocycles. The van der Waals surface area contributed by atoms with Gasteiger partial charge in [-0.05, 0) is 94.8 Å². The standard InChI is InChI=1S/C41H39IN4O4/c42-39-32-23-29(24-36(47)34-13-7-21-45(34)37(48)25-27-9-3-1-4-10-27)15-20-33(32)44-40(39)30-16-18-31(19-17-30)43-41(50)35-14-8-22-46(35)38(49)26-28-11-5-2-6-12-28/h1-6,9-12,15-20,23,34-35,44H,7-8,13-14,21-22,24-26H2,(H,43,50)/t34-,35-/m0/s1. The number of H-pyrrole nitrogens is 1. The van der Waals surface area contributed by atoms with E-state index >= 15 is 0 Å². The molecule has 0 radical (unpaired) electrons. The number of aromatic nitrogens is 1. The number of carbonyl (C=O) groups is 4. The minimum Gasteiger partial charge on any atom is -0.354 e. The summed E-state index contributed by atoms with van der Waals surface area (Å²) in [4.78, 5) is 59.9. The van der Waals surface area contributed by atoms with Crippen LogP contribution in [0.2, 0.25) is 0 Å². The van der Waals surface area contributed by atoms with E-state index in [1.165, 1.54) is 0 Å². The van der Waals surface area contributed by atoms with Gasteiger partial charge in [-0.1, -0.05) is 78.9 Å². The van der Waals surface area contributed by atoms with Crippen LogP contribution < -0.4 is 5.32 Å². The van der Waals surface area contributed by atoms with Gasteiger partial charge in [-0.2, -0.15) is 0 Å². The average Bonchev–Trinajstić information content (AvgIpc) is 3.89. The molecule has 3 amide bonds. The second-order valence-electron chi connectivity index (χ2n) is 13.2. The number of rotatable bonds is 10. The van der Waals surface area contributed by atoms with Crippen molar-refractivity contribution in [2.24, 2.45) is 0 Å². The van der Waals surface area contributed by atoms with Gasteiger partial charge in [-0.3, -0.25) is 19.2 Å². The summed E-state index contributed by atoms with van der Waals surface area (Å²) in [5.41, 5.74) is 6.41. The molecule has 2 N–H and O–H groups in total. The van der Waals surface area contributed by atoms with Gasteiger partial charge in [0.05, 0.1) is 24.6 Å². The molecule has 1 aromatic heterocycles. The van der Waals surface area contributed by atoms with Crippen molar-refractivity contribution in [1.29, 1.82) is 0 Å². The summed E-state index contributed by atoms with van der Waals surface area (Å²) in [6.45, 7) is 1.21. The number of hydrogen-bond donors (Lipinski definition) is 2. The molecule has 2 aliphatic heterocycles. The van der Waals surface area contributed by atoms with E-state index < -0.39 is 6.04 Å². The topological polar surface area (TPSA) is 103 Å². The van der Waals surface area contributed by atoms with Crippen LogP contribution in [0.15, 0.2) is 103 Å². The lowest BCUT2D eigenvalue weighted by Gasteiger charge is -2.24. The van der Waals surface area contributed by atoms with Crippen molar-refractivity contribution in [3.63, 3.8) is 0 Å². The van der Waals surface area contributed by atoms with Gasteiger partial charge in [0.2, 0.25) is 17.7 Å². The first-order valence-electron chi connectivity index (χ1n) is 17.2. The van der Waals surface area contributed by atoms with E-state index in [0.29, 0.717) is 38.0 Å². The van der Waals surface area contributed by atoms with E-state index in [2.05, 4.69) is 39.0 Å². The Morgan fingerprint density at radius 2 is 1.26 bits per heavy atom. The number of aromatic amines is 1. The Bertz CT molecular complexity index is 2030. The summed E-state index contributed by atoms with van der Waals surface area (Å²) in [6, 6.07) is 32.2. The molecule has 2 saturated heterocycles. The fraction of sp³-hybridized carbons (Fsp3) is 0.268. The number of halogens is 1. The predicted molar refractivity (Wildman–Crippen MR) is 204 cm³/mol. The summed E-state index contributed by atoms with van der Waals surface area (Å²) in [5, 5.41) is 4.06. The van der Waals surface area contributed by atoms with Gasteiger partial charge < -0.3 is 20.1 Å². The normalized spacial score (nSPS) is 17.3. The summed E-state index contributed by atoms with van der Waals surface area (Å²) < 4.78 is 1.04. The summed E-state index contributed by atoms with van der Waals surface area (Å²) in [5.74, 6) is -0.111. The summed E-state index contributed by atoms with van der Waals surface area (Å²) in [6.07, 6.45) is 3.87. The lowest BCUT2D eigenvalue weighted by atomic mass is 10.0. The molecule has 5 aromatic rings. The van der Waals surface area contributed by atoms with Crippen LogP contribution in [0.5, 0.6) is 0 Å². The Hall–Kier alpha value is -4.77. The summed E-state index contributed by atoms with van der Waals surface area (Å²) >= 11 is 2.34. The lowest BCUT2D eigenvalue weighted by molar-refractivity contribution is -0.136. The first-order valence-corrected chi connectivity index (χ1v) is 18.3. The second-order valence-corrected chi connectivity index (χ2v) is 14.3. The lowest BCUT2D eigenvalue weighted by Crippen LogP contribution is -2.43. The van der Waals surface area contributed by atoms with E-state index in [-0.39, 0.29) is 42.4 Å². The number of amides is 3. The Balaban J connectivity index is 0.991. The maximum atomic E-state index is 13.5. The third-order valence-electron chi connectivity index (χ3n) is 9.84. The van der Waals surface area contributed by atoms with Crippen LogP contribution in [-0.2, 0) is 38.4 Å². The first kappa shape index (κ1) is 33.7. The Morgan fingerprint density at radius 1 is 0.680 bits per heavy atom. The molecule has 0 bridgehead atoms. The zero-order valence-corrected chi connectivity index (χ0v) is 29.9. The number of nitrogens with zero attached hydrogens (tertiary/aromatic N) is 2. The number of Topliss-reactive ketones (excluding diaryl/α,β-unsaturated/α-hetero) is 1. The SMILES string of the molecule is O=C(Cc1ccc2[nH]c(-c3ccc(NC(=O)[C@@H]4CCCN4C(=O)Cc4ccccc4)cc3)c(I)c2c1)[C@@H]1CCCN1C(=O)Cc1ccccc1. The van der Waals surface area contributed by atoms with E-state index in [4.69, 9.17) is 0 Å². The highest BCUT2D eigenvalue weighted by molar-refractivity contribution is 14.1. The van der Waals surface area contributed by atoms with Gasteiger partial charge in [0.15, 0.2) is 5.78 Å². The molecule has 50 heavy (non-hydrogen) atoms. The van der Waals surface area contributed by atoms with E-state index in [1.807, 2.05) is 97.1 Å². The monoisotopic (exact) mass is 778 g/mol. The highest BCUT2D eigenvalue weighted by Gasteiger charge is 2.35. The van der Waals surface area contributed by atoms with Gasteiger partial charge in [0.1, 0.15) is 6.04 Å². The highest BCUT2D eigenvalue weighted by atomic mass is 127. The molecular formula is C41H39IN4O4. The number of carbonyl (C=O) groups excluding carboxylic acids is 4. The maximum absolute atomic E-state index is 13.5. The van der Waals surface area contributed by atoms with Crippen molar-refractivity contribution in [3.05, 3.63) is 123 Å². The van der Waals surface area contributed by atoms with Crippen molar-refractivity contribution < 1.29 is 19.2 Å². The zero-order chi connectivity index (χ0) is 34.6. The van der Waals surface area contributed by atoms with E-state index in [1.54, 1.807) is 9.80 Å². The molecular weight excluding hydrogens is 739 g/mol. The van der Waals surface area contributed by atoms with Crippen molar-refractivity contribution >= 4 is 62.7 Å². The average molecular weight is 779 g/mol. The van der Waals surface area contributed by atoms with Gasteiger partial charge in [-0.25, -0.2) is 0 Å². The zero-order valence-electron chi connectivity index (χ0n) is 27.7. The quantitative estimate of drug-likeness (QED) is 0.150. The minimum atomic E-state index is -0.479. The number of hydrogen-bond acceptors (Lipinski definition) is 4. The van der Waals surface area contributed by atoms with Gasteiger partial charge in [0, 0.05) is 39.7 Å². The Morgan fingerprint density at radius 3 is 1.88 bits per heavy atom. The molecule has 7 rings (SSSR count). The molecule has 254 valence electrons. The maximum Gasteiger partial charge on any atom is 0.247 e. The number of fused-ring (bicyclic) bond motifs is 1. The van der Waals surface area contributed by atoms with Crippen LogP contribution in [0, 0.1) is 3.57 Å². The van der Waals surface area contributed by atoms with Crippen LogP contribution in [0.1, 0.15) is 42.4 Å². The van der Waals surface area contributed by atoms with Gasteiger partial charge >= 0.3 is 0 Å². The minimum absolute atomic E-state index is 0.00681. The fourth-order valence-corrected chi connectivity index (χ4v) is 8.15. The van der Waals surface area contributed by atoms with Crippen LogP contribution in [-0.4, -0.2) is 63.5 Å². The molecule has 8 nitrogen and oxygen atoms in total. The number of nitrogens with one attached hydrogen (secondary N) is 2. The number of anilines is 1. The smallest absolute Gasteiger partial charge is 0.247 e. The van der Waals surface area contributed by atoms with Crippen LogP contribution in [0.25, 0.3) is 22.2 Å². The molecule has 9 heteroatoms. The molecule has 2 fully saturated rings. The number of likely N-dealkylation sites (tertiary alicyclic amines) is 2. The van der Waals surface area contributed by atoms with Crippen molar-refractivity contribution in [1.82, 2.24) is 14.8 Å². The highest BCUT2D eigenvalue weighted by Crippen LogP contribution is 2.33. The Labute approximate surface area is 305 Å². The predicted octanol–water partition coefficient (Wildman–Crippen LogP) is 6.96. The molecule has 0 unspecified atom stereocenters. The van der Waals surface area contributed by atoms with Crippen LogP contribution >= 0.6 is 22.6 Å². The van der Waals surface area contributed by atoms with Gasteiger partial charge in [0.25, 0.3) is 0 Å². The molecule has 0 aliphatic carbocycles.